The Morgan fingerprint density at radius 1 is 1.14 bits per heavy atom. The molecule has 0 aliphatic rings. The summed E-state index contributed by atoms with van der Waals surface area (Å²) in [6.45, 7) is -1.50. The van der Waals surface area contributed by atoms with Gasteiger partial charge in [-0.15, -0.1) is 5.10 Å². The van der Waals surface area contributed by atoms with Crippen LogP contribution in [0.15, 0.2) is 36.4 Å². The lowest BCUT2D eigenvalue weighted by atomic mass is 9.79. The normalized spacial score (nSPS) is 10.4. The topological polar surface area (TPSA) is 139 Å². The predicted octanol–water partition coefficient (Wildman–Crippen LogP) is 1.17. The second-order valence-electron chi connectivity index (χ2n) is 5.54. The molecule has 0 saturated heterocycles. The molecular weight excluding hydrogens is 375 g/mol. The highest BCUT2D eigenvalue weighted by Gasteiger charge is 2.18. The van der Waals surface area contributed by atoms with Crippen molar-refractivity contribution < 1.29 is 33.5 Å². The molecule has 3 rings (SSSR count). The van der Waals surface area contributed by atoms with E-state index in [1.165, 1.54) is 18.2 Å². The van der Waals surface area contributed by atoms with E-state index in [1.54, 1.807) is 25.1 Å². The number of alkyl halides is 2. The van der Waals surface area contributed by atoms with Crippen molar-refractivity contribution in [2.45, 2.75) is 13.5 Å². The number of carbonyl (C=O) groups is 1. The predicted molar refractivity (Wildman–Crippen MR) is 99.3 cm³/mol. The summed E-state index contributed by atoms with van der Waals surface area (Å²) in [4.78, 5) is 8.36. The Hall–Kier alpha value is -3.31. The van der Waals surface area contributed by atoms with Crippen LogP contribution in [0.4, 0.5) is 14.6 Å². The second kappa shape index (κ2) is 9.06. The van der Waals surface area contributed by atoms with E-state index in [9.17, 15) is 18.8 Å². The van der Waals surface area contributed by atoms with Crippen LogP contribution >= 0.6 is 0 Å². The molecule has 146 valence electrons. The molecule has 28 heavy (non-hydrogen) atoms. The van der Waals surface area contributed by atoms with Crippen LogP contribution < -0.4 is 15.9 Å². The summed E-state index contributed by atoms with van der Waals surface area (Å²) < 4.78 is 29.9. The fourth-order valence-electron chi connectivity index (χ4n) is 2.60. The molecule has 0 radical (unpaired) electrons. The van der Waals surface area contributed by atoms with Gasteiger partial charge in [0.25, 0.3) is 6.47 Å². The highest BCUT2D eigenvalue weighted by molar-refractivity contribution is 6.58. The van der Waals surface area contributed by atoms with Crippen LogP contribution in [-0.2, 0) is 4.79 Å². The Morgan fingerprint density at radius 3 is 2.43 bits per heavy atom. The fourth-order valence-corrected chi connectivity index (χ4v) is 2.60. The lowest BCUT2D eigenvalue weighted by Crippen LogP contribution is -2.29. The van der Waals surface area contributed by atoms with Crippen molar-refractivity contribution in [1.82, 2.24) is 10.2 Å². The van der Waals surface area contributed by atoms with E-state index in [4.69, 9.17) is 15.6 Å². The summed E-state index contributed by atoms with van der Waals surface area (Å²) in [7, 11) is -1.73. The summed E-state index contributed by atoms with van der Waals surface area (Å²) in [5.74, 6) is 0.183. The standard InChI is InChI=1S/C16H14BF2N3O3.CH2O2/c1-8-12-6-9(2-4-11(12)15(20)22-21-8)13-7-10(17(23)24)3-5-14(13)25-16(18)19;2-1-3/h2-7,16,23-24H,1H3,(H2,20,22);1H,(H,2,3). The number of aromatic nitrogens is 2. The van der Waals surface area contributed by atoms with Gasteiger partial charge in [0.15, 0.2) is 5.82 Å². The van der Waals surface area contributed by atoms with Gasteiger partial charge in [-0.05, 0) is 36.1 Å². The Morgan fingerprint density at radius 2 is 1.82 bits per heavy atom. The van der Waals surface area contributed by atoms with Gasteiger partial charge in [0.05, 0.1) is 5.69 Å². The van der Waals surface area contributed by atoms with Crippen LogP contribution in [0.3, 0.4) is 0 Å². The summed E-state index contributed by atoms with van der Waals surface area (Å²) in [6, 6.07) is 9.05. The van der Waals surface area contributed by atoms with Gasteiger partial charge in [-0.2, -0.15) is 13.9 Å². The van der Waals surface area contributed by atoms with Gasteiger partial charge in [-0.3, -0.25) is 4.79 Å². The summed E-state index contributed by atoms with van der Waals surface area (Å²) >= 11 is 0. The first kappa shape index (κ1) is 21.0. The number of benzene rings is 2. The van der Waals surface area contributed by atoms with Crippen molar-refractivity contribution in [3.05, 3.63) is 42.1 Å². The van der Waals surface area contributed by atoms with Crippen molar-refractivity contribution >= 4 is 35.6 Å². The van der Waals surface area contributed by atoms with Gasteiger partial charge in [0.1, 0.15) is 5.75 Å². The van der Waals surface area contributed by atoms with Crippen molar-refractivity contribution in [1.29, 1.82) is 0 Å². The monoisotopic (exact) mass is 391 g/mol. The first-order valence-corrected chi connectivity index (χ1v) is 7.84. The number of ether oxygens (including phenoxy) is 1. The van der Waals surface area contributed by atoms with Crippen molar-refractivity contribution in [2.24, 2.45) is 0 Å². The molecule has 2 aromatic carbocycles. The van der Waals surface area contributed by atoms with E-state index < -0.39 is 13.7 Å². The van der Waals surface area contributed by atoms with Gasteiger partial charge in [0.2, 0.25) is 0 Å². The number of anilines is 1. The van der Waals surface area contributed by atoms with E-state index in [0.717, 1.165) is 0 Å². The molecule has 0 saturated carbocycles. The quantitative estimate of drug-likeness (QED) is 0.384. The molecule has 3 aromatic rings. The van der Waals surface area contributed by atoms with Crippen LogP contribution in [0.5, 0.6) is 5.75 Å². The Labute approximate surface area is 158 Å². The molecule has 1 aromatic heterocycles. The summed E-state index contributed by atoms with van der Waals surface area (Å²) in [6.07, 6.45) is 0. The number of hydrogen-bond donors (Lipinski definition) is 4. The number of carboxylic acid groups (broad SMARTS) is 1. The third kappa shape index (κ3) is 4.70. The zero-order valence-corrected chi connectivity index (χ0v) is 14.6. The SMILES string of the molecule is Cc1nnc(N)c2ccc(-c3cc(B(O)O)ccc3OC(F)F)cc12.O=CO. The van der Waals surface area contributed by atoms with Crippen molar-refractivity contribution in [3.63, 3.8) is 0 Å². The number of fused-ring (bicyclic) bond motifs is 1. The second-order valence-corrected chi connectivity index (χ2v) is 5.54. The average Bonchev–Trinajstić information content (AvgIpc) is 2.65. The summed E-state index contributed by atoms with van der Waals surface area (Å²) in [5, 5.41) is 34.8. The highest BCUT2D eigenvalue weighted by atomic mass is 19.3. The zero-order valence-electron chi connectivity index (χ0n) is 14.6. The number of hydrogen-bond acceptors (Lipinski definition) is 7. The molecule has 0 bridgehead atoms. The Balaban J connectivity index is 0.000000878. The minimum Gasteiger partial charge on any atom is -0.483 e. The molecule has 1 heterocycles. The molecule has 8 nitrogen and oxygen atoms in total. The first-order chi connectivity index (χ1) is 13.3. The minimum atomic E-state index is -3.01. The third-order valence-corrected chi connectivity index (χ3v) is 3.82. The van der Waals surface area contributed by atoms with Crippen molar-refractivity contribution in [3.8, 4) is 16.9 Å². The maximum absolute atomic E-state index is 12.7. The van der Waals surface area contributed by atoms with Gasteiger partial charge in [-0.1, -0.05) is 18.2 Å². The smallest absolute Gasteiger partial charge is 0.483 e. The number of rotatable bonds is 4. The van der Waals surface area contributed by atoms with Crippen LogP contribution in [0.1, 0.15) is 5.69 Å². The number of nitrogens with zero attached hydrogens (tertiary/aromatic N) is 2. The third-order valence-electron chi connectivity index (χ3n) is 3.82. The lowest BCUT2D eigenvalue weighted by Gasteiger charge is -2.14. The molecule has 0 fully saturated rings. The molecule has 0 unspecified atom stereocenters. The lowest BCUT2D eigenvalue weighted by molar-refractivity contribution is -0.122. The van der Waals surface area contributed by atoms with E-state index in [0.29, 0.717) is 27.6 Å². The molecular formula is C17H16BF2N3O5. The highest BCUT2D eigenvalue weighted by Crippen LogP contribution is 2.33. The zero-order chi connectivity index (χ0) is 20.8. The molecule has 0 aliphatic carbocycles. The van der Waals surface area contributed by atoms with Crippen molar-refractivity contribution in [2.75, 3.05) is 5.73 Å². The van der Waals surface area contributed by atoms with E-state index in [1.807, 2.05) is 0 Å². The van der Waals surface area contributed by atoms with Gasteiger partial charge in [0, 0.05) is 16.3 Å². The molecule has 5 N–H and O–H groups in total. The Kier molecular flexibility index (Phi) is 6.80. The minimum absolute atomic E-state index is 0.0774. The van der Waals surface area contributed by atoms with Crippen LogP contribution in [-0.4, -0.2) is 45.6 Å². The first-order valence-electron chi connectivity index (χ1n) is 7.84. The molecule has 0 atom stereocenters. The molecule has 0 aliphatic heterocycles. The van der Waals surface area contributed by atoms with Gasteiger partial charge in [-0.25, -0.2) is 0 Å². The van der Waals surface area contributed by atoms with Crippen LogP contribution in [0.25, 0.3) is 21.9 Å². The summed E-state index contributed by atoms with van der Waals surface area (Å²) in [5.41, 5.74) is 7.43. The van der Waals surface area contributed by atoms with Crippen LogP contribution in [0, 0.1) is 6.92 Å². The number of nitrogen functional groups attached to an aromatic ring is 1. The number of halogens is 2. The van der Waals surface area contributed by atoms with E-state index >= 15 is 0 Å². The molecule has 11 heteroatoms. The number of nitrogens with two attached hydrogens (primary N) is 1. The van der Waals surface area contributed by atoms with Crippen LogP contribution in [0.2, 0.25) is 0 Å². The van der Waals surface area contributed by atoms with Gasteiger partial charge >= 0.3 is 13.7 Å². The van der Waals surface area contributed by atoms with E-state index in [-0.39, 0.29) is 23.5 Å². The largest absolute Gasteiger partial charge is 0.488 e. The molecule has 0 spiro atoms. The molecule has 0 amide bonds. The average molecular weight is 391 g/mol. The fraction of sp³-hybridized carbons (Fsp3) is 0.118. The maximum Gasteiger partial charge on any atom is 0.488 e. The van der Waals surface area contributed by atoms with Gasteiger partial charge < -0.3 is 25.6 Å². The number of aryl methyl sites for hydroxylation is 1. The Bertz CT molecular complexity index is 988. The van der Waals surface area contributed by atoms with E-state index in [2.05, 4.69) is 14.9 Å². The maximum atomic E-state index is 12.7.